The van der Waals surface area contributed by atoms with Crippen molar-refractivity contribution in [2.75, 3.05) is 0 Å². The molecule has 1 aliphatic carbocycles. The molecular weight excluding hydrogens is 258 g/mol. The highest BCUT2D eigenvalue weighted by Crippen LogP contribution is 2.34. The van der Waals surface area contributed by atoms with Gasteiger partial charge in [0.1, 0.15) is 11.8 Å². The first-order chi connectivity index (χ1) is 9.45. The number of hydrogen-bond acceptors (Lipinski definition) is 3. The summed E-state index contributed by atoms with van der Waals surface area (Å²) in [6.45, 7) is 3.46. The first-order valence-corrected chi connectivity index (χ1v) is 7.15. The van der Waals surface area contributed by atoms with Gasteiger partial charge in [0.15, 0.2) is 0 Å². The van der Waals surface area contributed by atoms with E-state index in [2.05, 4.69) is 5.32 Å². The second-order valence-corrected chi connectivity index (χ2v) is 5.32. The van der Waals surface area contributed by atoms with E-state index in [1.54, 1.807) is 0 Å². The molecule has 1 aliphatic rings. The number of rotatable bonds is 7. The minimum atomic E-state index is -1.05. The van der Waals surface area contributed by atoms with E-state index in [4.69, 9.17) is 5.11 Å². The van der Waals surface area contributed by atoms with Gasteiger partial charge < -0.3 is 10.4 Å². The van der Waals surface area contributed by atoms with Gasteiger partial charge in [-0.2, -0.15) is 0 Å². The standard InChI is InChI=1S/C15H23NO4/c1-3-4-5-6-12-11(7-8-13(12)17)9-14(18)16-10(2)15(19)20/h4-5,10-12H,3,6-9H2,1-2H3,(H,16,18)(H,19,20)/b5-4-. The van der Waals surface area contributed by atoms with E-state index in [0.29, 0.717) is 12.8 Å². The van der Waals surface area contributed by atoms with Crippen LogP contribution in [0.3, 0.4) is 0 Å². The summed E-state index contributed by atoms with van der Waals surface area (Å²) in [5.41, 5.74) is 0. The van der Waals surface area contributed by atoms with Crippen LogP contribution in [-0.4, -0.2) is 28.8 Å². The molecule has 0 spiro atoms. The number of aliphatic carboxylic acids is 1. The van der Waals surface area contributed by atoms with Crippen LogP contribution in [0, 0.1) is 11.8 Å². The van der Waals surface area contributed by atoms with Crippen molar-refractivity contribution < 1.29 is 19.5 Å². The lowest BCUT2D eigenvalue weighted by Crippen LogP contribution is -2.39. The fourth-order valence-electron chi connectivity index (χ4n) is 2.56. The molecule has 3 atom stereocenters. The van der Waals surface area contributed by atoms with Crippen molar-refractivity contribution in [2.24, 2.45) is 11.8 Å². The number of carbonyl (C=O) groups is 3. The predicted octanol–water partition coefficient (Wildman–Crippen LogP) is 1.92. The predicted molar refractivity (Wildman–Crippen MR) is 75.1 cm³/mol. The van der Waals surface area contributed by atoms with Crippen LogP contribution in [0.15, 0.2) is 12.2 Å². The van der Waals surface area contributed by atoms with Crippen LogP contribution in [0.25, 0.3) is 0 Å². The summed E-state index contributed by atoms with van der Waals surface area (Å²) in [6.07, 6.45) is 7.11. The molecule has 1 fully saturated rings. The fraction of sp³-hybridized carbons (Fsp3) is 0.667. The Morgan fingerprint density at radius 3 is 2.75 bits per heavy atom. The van der Waals surface area contributed by atoms with Crippen LogP contribution in [-0.2, 0) is 14.4 Å². The molecule has 0 aromatic heterocycles. The molecule has 20 heavy (non-hydrogen) atoms. The highest BCUT2D eigenvalue weighted by Gasteiger charge is 2.35. The van der Waals surface area contributed by atoms with Gasteiger partial charge in [0, 0.05) is 18.8 Å². The summed E-state index contributed by atoms with van der Waals surface area (Å²) in [5.74, 6) is -1.18. The van der Waals surface area contributed by atoms with Gasteiger partial charge in [-0.15, -0.1) is 0 Å². The second-order valence-electron chi connectivity index (χ2n) is 5.32. The molecule has 3 unspecified atom stereocenters. The molecule has 5 nitrogen and oxygen atoms in total. The minimum Gasteiger partial charge on any atom is -0.480 e. The Hall–Kier alpha value is -1.65. The topological polar surface area (TPSA) is 83.5 Å². The number of allylic oxidation sites excluding steroid dienone is 2. The molecule has 0 heterocycles. The molecule has 1 amide bonds. The Bertz CT molecular complexity index is 403. The van der Waals surface area contributed by atoms with Crippen molar-refractivity contribution in [1.82, 2.24) is 5.32 Å². The maximum absolute atomic E-state index is 11.8. The van der Waals surface area contributed by atoms with Crippen LogP contribution < -0.4 is 5.32 Å². The summed E-state index contributed by atoms with van der Waals surface area (Å²) in [6, 6.07) is -0.891. The van der Waals surface area contributed by atoms with Crippen molar-refractivity contribution in [3.05, 3.63) is 12.2 Å². The average Bonchev–Trinajstić information content (AvgIpc) is 2.71. The summed E-state index contributed by atoms with van der Waals surface area (Å²) >= 11 is 0. The molecule has 2 N–H and O–H groups in total. The fourth-order valence-corrected chi connectivity index (χ4v) is 2.56. The Kier molecular flexibility index (Phi) is 6.42. The highest BCUT2D eigenvalue weighted by atomic mass is 16.4. The number of carbonyl (C=O) groups excluding carboxylic acids is 2. The Morgan fingerprint density at radius 2 is 2.15 bits per heavy atom. The lowest BCUT2D eigenvalue weighted by Gasteiger charge is -2.17. The van der Waals surface area contributed by atoms with Crippen molar-refractivity contribution in [3.63, 3.8) is 0 Å². The van der Waals surface area contributed by atoms with Gasteiger partial charge in [0.25, 0.3) is 0 Å². The molecule has 0 aromatic carbocycles. The summed E-state index contributed by atoms with van der Waals surface area (Å²) in [5, 5.41) is 11.2. The average molecular weight is 281 g/mol. The van der Waals surface area contributed by atoms with Gasteiger partial charge in [-0.25, -0.2) is 0 Å². The largest absolute Gasteiger partial charge is 0.480 e. The van der Waals surface area contributed by atoms with Crippen LogP contribution >= 0.6 is 0 Å². The number of carboxylic acid groups (broad SMARTS) is 1. The van der Waals surface area contributed by atoms with Gasteiger partial charge >= 0.3 is 5.97 Å². The van der Waals surface area contributed by atoms with Gasteiger partial charge in [-0.3, -0.25) is 14.4 Å². The molecule has 0 aliphatic heterocycles. The number of Topliss-reactive ketones (excluding diaryl/α,β-unsaturated/α-hetero) is 1. The van der Waals surface area contributed by atoms with E-state index in [0.717, 1.165) is 12.8 Å². The van der Waals surface area contributed by atoms with Gasteiger partial charge in [0.2, 0.25) is 5.91 Å². The maximum atomic E-state index is 11.8. The lowest BCUT2D eigenvalue weighted by molar-refractivity contribution is -0.141. The first kappa shape index (κ1) is 16.4. The molecule has 0 aromatic rings. The smallest absolute Gasteiger partial charge is 0.325 e. The van der Waals surface area contributed by atoms with Crippen LogP contribution in [0.5, 0.6) is 0 Å². The molecule has 112 valence electrons. The number of ketones is 1. The molecule has 1 rings (SSSR count). The van der Waals surface area contributed by atoms with Crippen LogP contribution in [0.2, 0.25) is 0 Å². The maximum Gasteiger partial charge on any atom is 0.325 e. The third kappa shape index (κ3) is 4.79. The molecular formula is C15H23NO4. The van der Waals surface area contributed by atoms with E-state index in [1.807, 2.05) is 19.1 Å². The molecule has 0 radical (unpaired) electrons. The van der Waals surface area contributed by atoms with Crippen LogP contribution in [0.1, 0.15) is 46.0 Å². The third-order valence-electron chi connectivity index (χ3n) is 3.73. The van der Waals surface area contributed by atoms with E-state index < -0.39 is 12.0 Å². The van der Waals surface area contributed by atoms with Crippen molar-refractivity contribution in [3.8, 4) is 0 Å². The monoisotopic (exact) mass is 281 g/mol. The number of carboxylic acids is 1. The van der Waals surface area contributed by atoms with Crippen molar-refractivity contribution in [1.29, 1.82) is 0 Å². The van der Waals surface area contributed by atoms with Gasteiger partial charge in [-0.1, -0.05) is 19.1 Å². The Morgan fingerprint density at radius 1 is 1.45 bits per heavy atom. The number of hydrogen-bond donors (Lipinski definition) is 2. The van der Waals surface area contributed by atoms with E-state index in [9.17, 15) is 14.4 Å². The van der Waals surface area contributed by atoms with Crippen molar-refractivity contribution in [2.45, 2.75) is 52.0 Å². The molecule has 5 heteroatoms. The van der Waals surface area contributed by atoms with Gasteiger partial charge in [0.05, 0.1) is 0 Å². The summed E-state index contributed by atoms with van der Waals surface area (Å²) in [4.78, 5) is 34.3. The number of amides is 1. The van der Waals surface area contributed by atoms with Crippen molar-refractivity contribution >= 4 is 17.7 Å². The SMILES string of the molecule is CC/C=C\CC1C(=O)CCC1CC(=O)NC(C)C(=O)O. The minimum absolute atomic E-state index is 0.0324. The highest BCUT2D eigenvalue weighted by molar-refractivity contribution is 5.86. The Labute approximate surface area is 119 Å². The molecule has 0 bridgehead atoms. The van der Waals surface area contributed by atoms with E-state index in [-0.39, 0.29) is 29.9 Å². The van der Waals surface area contributed by atoms with Crippen LogP contribution in [0.4, 0.5) is 0 Å². The van der Waals surface area contributed by atoms with E-state index in [1.165, 1.54) is 6.92 Å². The normalized spacial score (nSPS) is 24.0. The second kappa shape index (κ2) is 7.82. The Balaban J connectivity index is 2.52. The zero-order valence-corrected chi connectivity index (χ0v) is 12.1. The zero-order valence-electron chi connectivity index (χ0n) is 12.1. The quantitative estimate of drug-likeness (QED) is 0.698. The number of nitrogens with one attached hydrogen (secondary N) is 1. The van der Waals surface area contributed by atoms with E-state index >= 15 is 0 Å². The molecule has 0 saturated heterocycles. The summed E-state index contributed by atoms with van der Waals surface area (Å²) < 4.78 is 0. The molecule has 1 saturated carbocycles. The first-order valence-electron chi connectivity index (χ1n) is 7.15. The lowest BCUT2D eigenvalue weighted by atomic mass is 9.89. The zero-order chi connectivity index (χ0) is 15.1. The van der Waals surface area contributed by atoms with Gasteiger partial charge in [-0.05, 0) is 32.1 Å². The third-order valence-corrected chi connectivity index (χ3v) is 3.73. The summed E-state index contributed by atoms with van der Waals surface area (Å²) in [7, 11) is 0.